The minimum Gasteiger partial charge on any atom is -0.472 e. The monoisotopic (exact) mass is 304 g/mol. The number of benzene rings is 1. The number of hydrogen-bond donors (Lipinski definition) is 2. The van der Waals surface area contributed by atoms with Gasteiger partial charge in [0.05, 0.1) is 11.6 Å². The van der Waals surface area contributed by atoms with Gasteiger partial charge in [0.15, 0.2) is 0 Å². The fourth-order valence-electron chi connectivity index (χ4n) is 1.73. The molecule has 3 N–H and O–H groups in total. The maximum Gasteiger partial charge on any atom is 0.239 e. The smallest absolute Gasteiger partial charge is 0.239 e. The first-order valence-corrected chi connectivity index (χ1v) is 7.43. The second-order valence-corrected chi connectivity index (χ2v) is 6.13. The average molecular weight is 305 g/mol. The van der Waals surface area contributed by atoms with Gasteiger partial charge in [-0.1, -0.05) is 11.6 Å². The number of aliphatic imine (C=N–C) groups is 1. The van der Waals surface area contributed by atoms with Crippen LogP contribution in [0, 0.1) is 0 Å². The quantitative estimate of drug-likeness (QED) is 0.849. The standard InChI is InChI=1S/C11H13ClN2O4S/c1-6-9(5-15)14-11(18-6)7-2-3-8(12)10(4-7)19(13,16)17/h2-4,6,9,15H,5H2,1H3,(H2,13,16,17). The minimum absolute atomic E-state index is 0.0385. The molecule has 0 saturated heterocycles. The SMILES string of the molecule is CC1OC(c2ccc(Cl)c(S(N)(=O)=O)c2)=NC1CO. The van der Waals surface area contributed by atoms with Crippen molar-refractivity contribution in [1.29, 1.82) is 0 Å². The van der Waals surface area contributed by atoms with Crippen molar-refractivity contribution < 1.29 is 18.3 Å². The molecule has 0 amide bonds. The Balaban J connectivity index is 2.43. The lowest BCUT2D eigenvalue weighted by Gasteiger charge is -2.10. The highest BCUT2D eigenvalue weighted by Gasteiger charge is 2.28. The number of halogens is 1. The predicted molar refractivity (Wildman–Crippen MR) is 70.8 cm³/mol. The van der Waals surface area contributed by atoms with E-state index in [2.05, 4.69) is 4.99 Å². The van der Waals surface area contributed by atoms with Crippen LogP contribution < -0.4 is 5.14 Å². The van der Waals surface area contributed by atoms with E-state index >= 15 is 0 Å². The Hall–Kier alpha value is -1.15. The molecular formula is C11H13ClN2O4S. The Morgan fingerprint density at radius 1 is 1.53 bits per heavy atom. The fraction of sp³-hybridized carbons (Fsp3) is 0.364. The number of nitrogens with zero attached hydrogens (tertiary/aromatic N) is 1. The molecule has 19 heavy (non-hydrogen) atoms. The van der Waals surface area contributed by atoms with Gasteiger partial charge in [0.25, 0.3) is 0 Å². The molecule has 2 rings (SSSR count). The highest BCUT2D eigenvalue weighted by molar-refractivity contribution is 7.89. The first-order valence-electron chi connectivity index (χ1n) is 5.51. The van der Waals surface area contributed by atoms with Gasteiger partial charge in [-0.25, -0.2) is 18.5 Å². The van der Waals surface area contributed by atoms with Crippen LogP contribution in [0.5, 0.6) is 0 Å². The molecule has 0 spiro atoms. The van der Waals surface area contributed by atoms with Gasteiger partial charge in [-0.05, 0) is 25.1 Å². The molecule has 8 heteroatoms. The lowest BCUT2D eigenvalue weighted by molar-refractivity contribution is 0.165. The van der Waals surface area contributed by atoms with E-state index in [-0.39, 0.29) is 34.6 Å². The summed E-state index contributed by atoms with van der Waals surface area (Å²) in [5, 5.41) is 14.2. The molecule has 0 bridgehead atoms. The lowest BCUT2D eigenvalue weighted by Crippen LogP contribution is -2.22. The van der Waals surface area contributed by atoms with Crippen LogP contribution in [0.1, 0.15) is 12.5 Å². The van der Waals surface area contributed by atoms with Crippen molar-refractivity contribution >= 4 is 27.5 Å². The molecule has 6 nitrogen and oxygen atoms in total. The highest BCUT2D eigenvalue weighted by atomic mass is 35.5. The van der Waals surface area contributed by atoms with Crippen molar-refractivity contribution in [3.8, 4) is 0 Å². The van der Waals surface area contributed by atoms with E-state index in [1.54, 1.807) is 13.0 Å². The number of rotatable bonds is 3. The van der Waals surface area contributed by atoms with E-state index in [1.807, 2.05) is 0 Å². The van der Waals surface area contributed by atoms with Crippen LogP contribution in [0.2, 0.25) is 5.02 Å². The van der Waals surface area contributed by atoms with Gasteiger partial charge < -0.3 is 9.84 Å². The molecule has 1 aromatic carbocycles. The molecule has 1 aliphatic rings. The molecule has 1 aromatic rings. The van der Waals surface area contributed by atoms with Crippen molar-refractivity contribution in [3.05, 3.63) is 28.8 Å². The summed E-state index contributed by atoms with van der Waals surface area (Å²) < 4.78 is 28.2. The van der Waals surface area contributed by atoms with Crippen LogP contribution in [-0.4, -0.2) is 38.2 Å². The van der Waals surface area contributed by atoms with E-state index in [9.17, 15) is 8.42 Å². The molecule has 2 unspecified atom stereocenters. The third kappa shape index (κ3) is 2.89. The van der Waals surface area contributed by atoms with Crippen LogP contribution in [-0.2, 0) is 14.8 Å². The van der Waals surface area contributed by atoms with Crippen LogP contribution in [0.3, 0.4) is 0 Å². The van der Waals surface area contributed by atoms with Gasteiger partial charge in [-0.2, -0.15) is 0 Å². The summed E-state index contributed by atoms with van der Waals surface area (Å²) in [5.74, 6) is 0.271. The van der Waals surface area contributed by atoms with E-state index in [0.29, 0.717) is 5.56 Å². The van der Waals surface area contributed by atoms with Gasteiger partial charge in [0.1, 0.15) is 17.0 Å². The highest BCUT2D eigenvalue weighted by Crippen LogP contribution is 2.24. The summed E-state index contributed by atoms with van der Waals surface area (Å²) in [4.78, 5) is 3.99. The summed E-state index contributed by atoms with van der Waals surface area (Å²) in [7, 11) is -3.91. The molecule has 104 valence electrons. The fourth-order valence-corrected chi connectivity index (χ4v) is 2.80. The summed E-state index contributed by atoms with van der Waals surface area (Å²) in [6.07, 6.45) is -0.270. The number of hydrogen-bond acceptors (Lipinski definition) is 5. The summed E-state index contributed by atoms with van der Waals surface area (Å²) >= 11 is 5.79. The Labute approximate surface area is 115 Å². The van der Waals surface area contributed by atoms with Gasteiger partial charge in [0, 0.05) is 5.56 Å². The molecule has 0 saturated carbocycles. The Morgan fingerprint density at radius 2 is 2.21 bits per heavy atom. The number of aliphatic hydroxyl groups is 1. The lowest BCUT2D eigenvalue weighted by atomic mass is 10.2. The Morgan fingerprint density at radius 3 is 2.74 bits per heavy atom. The minimum atomic E-state index is -3.91. The van der Waals surface area contributed by atoms with E-state index < -0.39 is 10.0 Å². The molecule has 0 aliphatic carbocycles. The maximum atomic E-state index is 11.4. The van der Waals surface area contributed by atoms with Gasteiger partial charge >= 0.3 is 0 Å². The second kappa shape index (κ2) is 5.09. The summed E-state index contributed by atoms with van der Waals surface area (Å²) in [6, 6.07) is 3.95. The zero-order chi connectivity index (χ0) is 14.2. The average Bonchev–Trinajstić information content (AvgIpc) is 2.69. The zero-order valence-corrected chi connectivity index (χ0v) is 11.6. The van der Waals surface area contributed by atoms with E-state index in [0.717, 1.165) is 0 Å². The number of nitrogens with two attached hydrogens (primary N) is 1. The molecule has 0 aromatic heterocycles. The number of primary sulfonamides is 1. The summed E-state index contributed by atoms with van der Waals surface area (Å²) in [6.45, 7) is 1.63. The van der Waals surface area contributed by atoms with Gasteiger partial charge in [-0.15, -0.1) is 0 Å². The molecule has 0 fully saturated rings. The zero-order valence-electron chi connectivity index (χ0n) is 10.1. The van der Waals surface area contributed by atoms with E-state index in [4.69, 9.17) is 26.6 Å². The van der Waals surface area contributed by atoms with Crippen LogP contribution >= 0.6 is 11.6 Å². The van der Waals surface area contributed by atoms with Crippen molar-refractivity contribution in [3.63, 3.8) is 0 Å². The number of aliphatic hydroxyl groups excluding tert-OH is 1. The third-order valence-corrected chi connectivity index (χ3v) is 4.19. The van der Waals surface area contributed by atoms with Gasteiger partial charge in [0.2, 0.25) is 15.9 Å². The molecule has 1 heterocycles. The van der Waals surface area contributed by atoms with Crippen molar-refractivity contribution in [2.45, 2.75) is 24.0 Å². The third-order valence-electron chi connectivity index (χ3n) is 2.79. The molecular weight excluding hydrogens is 292 g/mol. The van der Waals surface area contributed by atoms with Gasteiger partial charge in [-0.3, -0.25) is 0 Å². The van der Waals surface area contributed by atoms with E-state index in [1.165, 1.54) is 12.1 Å². The summed E-state index contributed by atoms with van der Waals surface area (Å²) in [5.41, 5.74) is 0.455. The second-order valence-electron chi connectivity index (χ2n) is 4.20. The molecule has 1 aliphatic heterocycles. The first kappa shape index (κ1) is 14.3. The maximum absolute atomic E-state index is 11.4. The van der Waals surface area contributed by atoms with Crippen LogP contribution in [0.15, 0.2) is 28.1 Å². The topological polar surface area (TPSA) is 102 Å². The van der Waals surface area contributed by atoms with Crippen LogP contribution in [0.4, 0.5) is 0 Å². The number of ether oxygens (including phenoxy) is 1. The first-order chi connectivity index (χ1) is 8.82. The van der Waals surface area contributed by atoms with Crippen molar-refractivity contribution in [2.75, 3.05) is 6.61 Å². The molecule has 2 atom stereocenters. The predicted octanol–water partition coefficient (Wildman–Crippen LogP) is 0.514. The van der Waals surface area contributed by atoms with Crippen molar-refractivity contribution in [2.24, 2.45) is 10.1 Å². The van der Waals surface area contributed by atoms with Crippen molar-refractivity contribution in [1.82, 2.24) is 0 Å². The Bertz CT molecular complexity index is 630. The normalized spacial score (nSPS) is 23.1. The molecule has 0 radical (unpaired) electrons. The largest absolute Gasteiger partial charge is 0.472 e. The number of sulfonamides is 1. The van der Waals surface area contributed by atoms with Crippen LogP contribution in [0.25, 0.3) is 0 Å². The Kier molecular flexibility index (Phi) is 3.82.